The number of ether oxygens (including phenoxy) is 1. The molecule has 0 spiro atoms. The Kier molecular flexibility index (Phi) is 7.39. The van der Waals surface area contributed by atoms with E-state index in [1.807, 2.05) is 39.5 Å². The van der Waals surface area contributed by atoms with Gasteiger partial charge in [-0.3, -0.25) is 4.79 Å². The molecule has 2 aromatic carbocycles. The molecule has 0 bridgehead atoms. The lowest BCUT2D eigenvalue weighted by Gasteiger charge is -2.22. The second kappa shape index (κ2) is 9.17. The molecule has 0 aliphatic rings. The van der Waals surface area contributed by atoms with Gasteiger partial charge in [-0.15, -0.1) is 11.8 Å². The molecule has 2 rings (SSSR count). The fourth-order valence-electron chi connectivity index (χ4n) is 2.87. The number of carbonyl (C=O) groups is 1. The smallest absolute Gasteiger partial charge is 0.309 e. The number of esters is 1. The zero-order chi connectivity index (χ0) is 20.9. The third-order valence-electron chi connectivity index (χ3n) is 4.47. The Bertz CT molecular complexity index is 779. The molecule has 28 heavy (non-hydrogen) atoms. The first kappa shape index (κ1) is 22.5. The molecule has 2 aromatic rings. The number of thioether (sulfide) groups is 1. The normalized spacial score (nSPS) is 13.2. The Morgan fingerprint density at radius 1 is 0.964 bits per heavy atom. The lowest BCUT2D eigenvalue weighted by atomic mass is 9.87. The van der Waals surface area contributed by atoms with E-state index in [0.29, 0.717) is 6.42 Å². The van der Waals surface area contributed by atoms with E-state index < -0.39 is 5.60 Å². The molecule has 0 heterocycles. The summed E-state index contributed by atoms with van der Waals surface area (Å²) in [4.78, 5) is 13.5. The quantitative estimate of drug-likeness (QED) is 0.395. The number of hydrogen-bond acceptors (Lipinski definition) is 3. The molecule has 2 nitrogen and oxygen atoms in total. The Labute approximate surface area is 175 Å². The van der Waals surface area contributed by atoms with Gasteiger partial charge >= 0.3 is 5.97 Å². The summed E-state index contributed by atoms with van der Waals surface area (Å²) in [5.41, 5.74) is 3.60. The van der Waals surface area contributed by atoms with Crippen LogP contribution in [-0.2, 0) is 27.1 Å². The molecule has 152 valence electrons. The minimum absolute atomic E-state index is 0.135. The zero-order valence-corrected chi connectivity index (χ0v) is 19.2. The van der Waals surface area contributed by atoms with Crippen molar-refractivity contribution < 1.29 is 9.53 Å². The van der Waals surface area contributed by atoms with Crippen LogP contribution in [0.1, 0.15) is 65.2 Å². The molecule has 0 saturated carbocycles. The molecule has 0 radical (unpaired) electrons. The first-order valence-corrected chi connectivity index (χ1v) is 11.0. The highest BCUT2D eigenvalue weighted by molar-refractivity contribution is 7.98. The first-order valence-electron chi connectivity index (χ1n) is 9.98. The number of hydrogen-bond donors (Lipinski definition) is 0. The van der Waals surface area contributed by atoms with Gasteiger partial charge in [0.2, 0.25) is 0 Å². The highest BCUT2D eigenvalue weighted by atomic mass is 32.2. The van der Waals surface area contributed by atoms with Gasteiger partial charge in [0.15, 0.2) is 0 Å². The summed E-state index contributed by atoms with van der Waals surface area (Å²) in [6.07, 6.45) is 0.698. The lowest BCUT2D eigenvalue weighted by molar-refractivity contribution is -0.159. The van der Waals surface area contributed by atoms with Gasteiger partial charge in [0.1, 0.15) is 5.60 Å². The second-order valence-electron chi connectivity index (χ2n) is 9.52. The summed E-state index contributed by atoms with van der Waals surface area (Å²) in [5, 5.41) is 0. The highest BCUT2D eigenvalue weighted by Crippen LogP contribution is 2.27. The van der Waals surface area contributed by atoms with Crippen LogP contribution in [0.2, 0.25) is 0 Å². The van der Waals surface area contributed by atoms with Crippen molar-refractivity contribution in [2.45, 2.75) is 76.6 Å². The molecular weight excluding hydrogens is 364 g/mol. The van der Waals surface area contributed by atoms with Gasteiger partial charge in [-0.1, -0.05) is 64.1 Å². The van der Waals surface area contributed by atoms with Crippen LogP contribution in [0.4, 0.5) is 0 Å². The van der Waals surface area contributed by atoms with E-state index in [2.05, 4.69) is 69.3 Å². The van der Waals surface area contributed by atoms with Gasteiger partial charge in [-0.2, -0.15) is 0 Å². The molecule has 0 aliphatic carbocycles. The van der Waals surface area contributed by atoms with Crippen LogP contribution in [0.3, 0.4) is 0 Å². The number of rotatable bonds is 6. The second-order valence-corrected chi connectivity index (χ2v) is 10.6. The lowest BCUT2D eigenvalue weighted by Crippen LogP contribution is -2.28. The third-order valence-corrected chi connectivity index (χ3v) is 5.54. The molecule has 0 amide bonds. The van der Waals surface area contributed by atoms with Crippen molar-refractivity contribution in [1.82, 2.24) is 0 Å². The van der Waals surface area contributed by atoms with Gasteiger partial charge in [0.05, 0.1) is 5.92 Å². The van der Waals surface area contributed by atoms with Crippen LogP contribution in [-0.4, -0.2) is 11.6 Å². The fraction of sp³-hybridized carbons (Fsp3) is 0.480. The van der Waals surface area contributed by atoms with Gasteiger partial charge in [-0.25, -0.2) is 0 Å². The van der Waals surface area contributed by atoms with Crippen molar-refractivity contribution in [3.05, 3.63) is 65.2 Å². The SMILES string of the molecule is C[C@@H](Cc1cccc(SCc2ccc(C(C)(C)C)cc2)c1)C(=O)OC(C)(C)C. The Hall–Kier alpha value is -1.74. The predicted molar refractivity (Wildman–Crippen MR) is 120 cm³/mol. The van der Waals surface area contributed by atoms with Gasteiger partial charge in [-0.05, 0) is 61.4 Å². The van der Waals surface area contributed by atoms with Crippen LogP contribution in [0.25, 0.3) is 0 Å². The summed E-state index contributed by atoms with van der Waals surface area (Å²) >= 11 is 1.83. The highest BCUT2D eigenvalue weighted by Gasteiger charge is 2.22. The maximum Gasteiger partial charge on any atom is 0.309 e. The average Bonchev–Trinajstić information content (AvgIpc) is 2.58. The van der Waals surface area contributed by atoms with Crippen molar-refractivity contribution >= 4 is 17.7 Å². The maximum absolute atomic E-state index is 12.2. The zero-order valence-electron chi connectivity index (χ0n) is 18.3. The number of carbonyl (C=O) groups excluding carboxylic acids is 1. The molecule has 1 atom stereocenters. The van der Waals surface area contributed by atoms with E-state index in [4.69, 9.17) is 4.74 Å². The molecule has 0 unspecified atom stereocenters. The van der Waals surface area contributed by atoms with Crippen LogP contribution < -0.4 is 0 Å². The predicted octanol–water partition coefficient (Wildman–Crippen LogP) is 6.80. The van der Waals surface area contributed by atoms with Crippen LogP contribution in [0, 0.1) is 5.92 Å². The van der Waals surface area contributed by atoms with Gasteiger partial charge in [0.25, 0.3) is 0 Å². The molecular formula is C25H34O2S. The number of benzene rings is 2. The Morgan fingerprint density at radius 2 is 1.61 bits per heavy atom. The Balaban J connectivity index is 1.95. The Morgan fingerprint density at radius 3 is 2.18 bits per heavy atom. The summed E-state index contributed by atoms with van der Waals surface area (Å²) < 4.78 is 5.50. The van der Waals surface area contributed by atoms with Gasteiger partial charge in [0, 0.05) is 10.6 Å². The molecule has 0 aliphatic heterocycles. The molecule has 0 N–H and O–H groups in total. The summed E-state index contributed by atoms with van der Waals surface area (Å²) in [6, 6.07) is 17.4. The van der Waals surface area contributed by atoms with E-state index in [1.54, 1.807) is 0 Å². The summed E-state index contributed by atoms with van der Waals surface area (Å²) in [5.74, 6) is 0.657. The largest absolute Gasteiger partial charge is 0.460 e. The van der Waals surface area contributed by atoms with E-state index in [9.17, 15) is 4.79 Å². The van der Waals surface area contributed by atoms with Crippen molar-refractivity contribution in [3.63, 3.8) is 0 Å². The van der Waals surface area contributed by atoms with Crippen LogP contribution in [0.15, 0.2) is 53.4 Å². The summed E-state index contributed by atoms with van der Waals surface area (Å²) in [6.45, 7) is 14.4. The third kappa shape index (κ3) is 7.35. The molecule has 0 aromatic heterocycles. The van der Waals surface area contributed by atoms with Crippen molar-refractivity contribution in [2.24, 2.45) is 5.92 Å². The maximum atomic E-state index is 12.2. The summed E-state index contributed by atoms with van der Waals surface area (Å²) in [7, 11) is 0. The van der Waals surface area contributed by atoms with Gasteiger partial charge < -0.3 is 4.74 Å². The van der Waals surface area contributed by atoms with Crippen molar-refractivity contribution in [3.8, 4) is 0 Å². The topological polar surface area (TPSA) is 26.3 Å². The minimum Gasteiger partial charge on any atom is -0.460 e. The average molecular weight is 399 g/mol. The van der Waals surface area contributed by atoms with E-state index >= 15 is 0 Å². The molecule has 0 fully saturated rings. The van der Waals surface area contributed by atoms with Crippen LogP contribution >= 0.6 is 11.8 Å². The van der Waals surface area contributed by atoms with E-state index in [-0.39, 0.29) is 17.3 Å². The molecule has 0 saturated heterocycles. The monoisotopic (exact) mass is 398 g/mol. The standard InChI is InChI=1S/C25H34O2S/c1-18(23(26)27-25(5,6)7)15-20-9-8-10-22(16-20)28-17-19-11-13-21(14-12-19)24(2,3)4/h8-14,16,18H,15,17H2,1-7H3/t18-/m0/s1. The first-order chi connectivity index (χ1) is 12.9. The van der Waals surface area contributed by atoms with E-state index in [1.165, 1.54) is 21.6 Å². The molecule has 3 heteroatoms. The minimum atomic E-state index is -0.439. The van der Waals surface area contributed by atoms with Crippen molar-refractivity contribution in [1.29, 1.82) is 0 Å². The van der Waals surface area contributed by atoms with Crippen molar-refractivity contribution in [2.75, 3.05) is 0 Å². The van der Waals surface area contributed by atoms with Crippen LogP contribution in [0.5, 0.6) is 0 Å². The van der Waals surface area contributed by atoms with E-state index in [0.717, 1.165) is 5.75 Å². The fourth-order valence-corrected chi connectivity index (χ4v) is 3.80.